The standard InChI is InChI=1S/C22H18FNO4/c23-18-7-5-15(6-8-18)13-27-21-14-28-20(11-19(21)25)22(26)24-10-9-16-3-1-2-4-17(16)12-24/h1-8,11,14H,9-10,12-13H2. The molecule has 0 fully saturated rings. The predicted molar refractivity (Wildman–Crippen MR) is 101 cm³/mol. The van der Waals surface area contributed by atoms with E-state index < -0.39 is 5.43 Å². The first-order valence-electron chi connectivity index (χ1n) is 8.96. The first kappa shape index (κ1) is 18.0. The molecule has 2 heterocycles. The van der Waals surface area contributed by atoms with Crippen LogP contribution < -0.4 is 10.2 Å². The zero-order valence-corrected chi connectivity index (χ0v) is 15.1. The molecule has 142 valence electrons. The highest BCUT2D eigenvalue weighted by molar-refractivity contribution is 5.91. The van der Waals surface area contributed by atoms with Crippen LogP contribution in [-0.2, 0) is 19.6 Å². The van der Waals surface area contributed by atoms with Crippen molar-refractivity contribution in [1.29, 1.82) is 0 Å². The van der Waals surface area contributed by atoms with E-state index in [2.05, 4.69) is 6.07 Å². The Balaban J connectivity index is 1.44. The molecule has 0 spiro atoms. The number of nitrogens with zero attached hydrogens (tertiary/aromatic N) is 1. The second kappa shape index (κ2) is 7.68. The predicted octanol–water partition coefficient (Wildman–Crippen LogP) is 3.56. The molecule has 1 aliphatic rings. The molecule has 1 aromatic heterocycles. The van der Waals surface area contributed by atoms with Gasteiger partial charge in [-0.15, -0.1) is 0 Å². The SMILES string of the molecule is O=C(c1cc(=O)c(OCc2ccc(F)cc2)co1)N1CCc2ccccc2C1. The van der Waals surface area contributed by atoms with E-state index in [1.165, 1.54) is 17.7 Å². The van der Waals surface area contributed by atoms with Crippen molar-refractivity contribution in [2.24, 2.45) is 0 Å². The topological polar surface area (TPSA) is 59.8 Å². The molecule has 0 N–H and O–H groups in total. The molecule has 2 aromatic carbocycles. The maximum Gasteiger partial charge on any atom is 0.290 e. The molecule has 0 bridgehead atoms. The third-order valence-corrected chi connectivity index (χ3v) is 4.73. The van der Waals surface area contributed by atoms with E-state index in [0.29, 0.717) is 18.7 Å². The molecule has 5 nitrogen and oxygen atoms in total. The van der Waals surface area contributed by atoms with Gasteiger partial charge in [0.2, 0.25) is 11.2 Å². The van der Waals surface area contributed by atoms with Gasteiger partial charge < -0.3 is 14.1 Å². The highest BCUT2D eigenvalue weighted by Crippen LogP contribution is 2.20. The van der Waals surface area contributed by atoms with Crippen molar-refractivity contribution in [3.05, 3.63) is 99.4 Å². The zero-order valence-electron chi connectivity index (χ0n) is 15.1. The molecule has 0 saturated heterocycles. The van der Waals surface area contributed by atoms with Crippen molar-refractivity contribution in [2.45, 2.75) is 19.6 Å². The van der Waals surface area contributed by atoms with Crippen LogP contribution in [0.5, 0.6) is 5.75 Å². The fraction of sp³-hybridized carbons (Fsp3) is 0.182. The summed E-state index contributed by atoms with van der Waals surface area (Å²) in [6.45, 7) is 1.16. The number of rotatable bonds is 4. The second-order valence-electron chi connectivity index (χ2n) is 6.63. The van der Waals surface area contributed by atoms with Gasteiger partial charge in [-0.25, -0.2) is 4.39 Å². The highest BCUT2D eigenvalue weighted by Gasteiger charge is 2.23. The molecule has 3 aromatic rings. The average molecular weight is 379 g/mol. The molecule has 0 aliphatic carbocycles. The van der Waals surface area contributed by atoms with Gasteiger partial charge in [-0.05, 0) is 35.2 Å². The minimum Gasteiger partial charge on any atom is -0.482 e. The van der Waals surface area contributed by atoms with Crippen LogP contribution in [0.4, 0.5) is 4.39 Å². The number of carbonyl (C=O) groups is 1. The largest absolute Gasteiger partial charge is 0.482 e. The second-order valence-corrected chi connectivity index (χ2v) is 6.63. The van der Waals surface area contributed by atoms with Crippen LogP contribution in [0, 0.1) is 5.82 Å². The van der Waals surface area contributed by atoms with Crippen LogP contribution in [0.1, 0.15) is 27.2 Å². The van der Waals surface area contributed by atoms with Gasteiger partial charge in [-0.3, -0.25) is 9.59 Å². The molecular formula is C22H18FNO4. The molecule has 6 heteroatoms. The lowest BCUT2D eigenvalue weighted by molar-refractivity contribution is 0.0698. The van der Waals surface area contributed by atoms with Crippen molar-refractivity contribution in [2.75, 3.05) is 6.54 Å². The van der Waals surface area contributed by atoms with Crippen LogP contribution in [0.3, 0.4) is 0 Å². The van der Waals surface area contributed by atoms with Crippen LogP contribution in [0.2, 0.25) is 0 Å². The van der Waals surface area contributed by atoms with Crippen molar-refractivity contribution in [1.82, 2.24) is 4.90 Å². The van der Waals surface area contributed by atoms with Crippen molar-refractivity contribution >= 4 is 5.91 Å². The van der Waals surface area contributed by atoms with E-state index >= 15 is 0 Å². The van der Waals surface area contributed by atoms with E-state index in [-0.39, 0.29) is 29.8 Å². The van der Waals surface area contributed by atoms with E-state index in [1.54, 1.807) is 17.0 Å². The van der Waals surface area contributed by atoms with Crippen LogP contribution in [0.25, 0.3) is 0 Å². The Morgan fingerprint density at radius 2 is 1.86 bits per heavy atom. The minimum atomic E-state index is -0.436. The minimum absolute atomic E-state index is 0.00450. The number of fused-ring (bicyclic) bond motifs is 1. The zero-order chi connectivity index (χ0) is 19.5. The summed E-state index contributed by atoms with van der Waals surface area (Å²) < 4.78 is 23.7. The smallest absolute Gasteiger partial charge is 0.290 e. The van der Waals surface area contributed by atoms with Gasteiger partial charge in [0.15, 0.2) is 5.76 Å². The fourth-order valence-electron chi connectivity index (χ4n) is 3.18. The van der Waals surface area contributed by atoms with Crippen LogP contribution in [0.15, 0.2) is 70.1 Å². The molecule has 0 saturated carbocycles. The Hall–Kier alpha value is -3.41. The van der Waals surface area contributed by atoms with Gasteiger partial charge in [0.25, 0.3) is 5.91 Å². The Morgan fingerprint density at radius 3 is 2.61 bits per heavy atom. The lowest BCUT2D eigenvalue weighted by Gasteiger charge is -2.28. The van der Waals surface area contributed by atoms with E-state index in [4.69, 9.17) is 9.15 Å². The summed E-state index contributed by atoms with van der Waals surface area (Å²) in [5.41, 5.74) is 2.61. The van der Waals surface area contributed by atoms with Crippen LogP contribution in [-0.4, -0.2) is 17.4 Å². The summed E-state index contributed by atoms with van der Waals surface area (Å²) in [5, 5.41) is 0. The van der Waals surface area contributed by atoms with Crippen LogP contribution >= 0.6 is 0 Å². The van der Waals surface area contributed by atoms with Gasteiger partial charge >= 0.3 is 0 Å². The van der Waals surface area contributed by atoms with Gasteiger partial charge in [0.05, 0.1) is 0 Å². The van der Waals surface area contributed by atoms with Crippen molar-refractivity contribution in [3.63, 3.8) is 0 Å². The Bertz CT molecular complexity index is 1060. The fourth-order valence-corrected chi connectivity index (χ4v) is 3.18. The third-order valence-electron chi connectivity index (χ3n) is 4.73. The van der Waals surface area contributed by atoms with Crippen molar-refractivity contribution in [3.8, 4) is 5.75 Å². The third kappa shape index (κ3) is 3.81. The van der Waals surface area contributed by atoms with Gasteiger partial charge in [0.1, 0.15) is 18.7 Å². The molecule has 1 amide bonds. The summed E-state index contributed by atoms with van der Waals surface area (Å²) in [6, 6.07) is 14.9. The normalized spacial score (nSPS) is 13.1. The Kier molecular flexibility index (Phi) is 4.93. The monoisotopic (exact) mass is 379 g/mol. The molecular weight excluding hydrogens is 361 g/mol. The number of carbonyl (C=O) groups excluding carboxylic acids is 1. The number of amides is 1. The molecule has 1 aliphatic heterocycles. The van der Waals surface area contributed by atoms with Crippen molar-refractivity contribution < 1.29 is 18.3 Å². The lowest BCUT2D eigenvalue weighted by Crippen LogP contribution is -2.36. The number of ether oxygens (including phenoxy) is 1. The molecule has 0 radical (unpaired) electrons. The van der Waals surface area contributed by atoms with Gasteiger partial charge in [-0.1, -0.05) is 36.4 Å². The summed E-state index contributed by atoms with van der Waals surface area (Å²) in [5.74, 6) is -0.675. The number of hydrogen-bond acceptors (Lipinski definition) is 4. The first-order chi connectivity index (χ1) is 13.6. The van der Waals surface area contributed by atoms with E-state index in [9.17, 15) is 14.0 Å². The summed E-state index contributed by atoms with van der Waals surface area (Å²) in [4.78, 5) is 26.7. The Labute approximate surface area is 161 Å². The lowest BCUT2D eigenvalue weighted by atomic mass is 10.00. The quantitative estimate of drug-likeness (QED) is 0.696. The maximum atomic E-state index is 12.9. The number of hydrogen-bond donors (Lipinski definition) is 0. The molecule has 4 rings (SSSR count). The first-order valence-corrected chi connectivity index (χ1v) is 8.96. The number of halogens is 1. The Morgan fingerprint density at radius 1 is 1.11 bits per heavy atom. The average Bonchev–Trinajstić information content (AvgIpc) is 2.73. The maximum absolute atomic E-state index is 12.9. The highest BCUT2D eigenvalue weighted by atomic mass is 19.1. The van der Waals surface area contributed by atoms with Gasteiger partial charge in [-0.2, -0.15) is 0 Å². The summed E-state index contributed by atoms with van der Waals surface area (Å²) in [7, 11) is 0. The molecule has 0 unspecified atom stereocenters. The van der Waals surface area contributed by atoms with E-state index in [0.717, 1.165) is 24.3 Å². The molecule has 28 heavy (non-hydrogen) atoms. The summed E-state index contributed by atoms with van der Waals surface area (Å²) in [6.07, 6.45) is 1.92. The molecule has 0 atom stereocenters. The van der Waals surface area contributed by atoms with E-state index in [1.807, 2.05) is 18.2 Å². The summed E-state index contributed by atoms with van der Waals surface area (Å²) >= 11 is 0. The number of benzene rings is 2. The van der Waals surface area contributed by atoms with Gasteiger partial charge in [0, 0.05) is 19.2 Å².